The Morgan fingerprint density at radius 2 is 1.73 bits per heavy atom. The summed E-state index contributed by atoms with van der Waals surface area (Å²) in [6.07, 6.45) is 5.80. The molecule has 0 saturated carbocycles. The number of halogens is 2. The van der Waals surface area contributed by atoms with E-state index < -0.39 is 11.6 Å². The van der Waals surface area contributed by atoms with Crippen molar-refractivity contribution in [3.8, 4) is 23.1 Å². The summed E-state index contributed by atoms with van der Waals surface area (Å²) in [6.45, 7) is 3.34. The number of benzene rings is 2. The van der Waals surface area contributed by atoms with Crippen LogP contribution in [0.5, 0.6) is 0 Å². The molecule has 2 aromatic carbocycles. The Hall–Kier alpha value is -4.03. The lowest BCUT2D eigenvalue weighted by molar-refractivity contribution is 0.507. The van der Waals surface area contributed by atoms with Crippen LogP contribution in [0.4, 0.5) is 20.2 Å². The van der Waals surface area contributed by atoms with Crippen LogP contribution < -0.4 is 15.5 Å². The second-order valence-electron chi connectivity index (χ2n) is 9.76. The summed E-state index contributed by atoms with van der Waals surface area (Å²) in [5.41, 5.74) is 9.67. The Balaban J connectivity index is 1.55. The first kappa shape index (κ1) is 23.4. The summed E-state index contributed by atoms with van der Waals surface area (Å²) >= 11 is 0. The van der Waals surface area contributed by atoms with Gasteiger partial charge < -0.3 is 15.5 Å². The van der Waals surface area contributed by atoms with Crippen molar-refractivity contribution < 1.29 is 8.78 Å². The van der Waals surface area contributed by atoms with E-state index in [4.69, 9.17) is 10.7 Å². The van der Waals surface area contributed by atoms with E-state index in [1.807, 2.05) is 18.2 Å². The van der Waals surface area contributed by atoms with Gasteiger partial charge in [0, 0.05) is 49.7 Å². The van der Waals surface area contributed by atoms with Gasteiger partial charge in [-0.2, -0.15) is 5.26 Å². The minimum absolute atomic E-state index is 0.0571. The third-order valence-corrected chi connectivity index (χ3v) is 7.31. The number of nitrogens with two attached hydrogens (primary N) is 1. The average Bonchev–Trinajstić information content (AvgIpc) is 3.57. The van der Waals surface area contributed by atoms with Crippen molar-refractivity contribution in [1.29, 1.82) is 5.26 Å². The van der Waals surface area contributed by atoms with Crippen LogP contribution in [0.1, 0.15) is 31.2 Å². The fourth-order valence-corrected chi connectivity index (χ4v) is 5.46. The molecule has 2 aromatic heterocycles. The lowest BCUT2D eigenvalue weighted by Gasteiger charge is -2.32. The van der Waals surface area contributed by atoms with Crippen molar-refractivity contribution in [1.82, 2.24) is 14.5 Å². The maximum atomic E-state index is 15.7. The quantitative estimate of drug-likeness (QED) is 0.436. The fourth-order valence-electron chi connectivity index (χ4n) is 5.46. The highest BCUT2D eigenvalue weighted by atomic mass is 19.1. The van der Waals surface area contributed by atoms with E-state index in [9.17, 15) is 9.65 Å². The average molecular weight is 500 g/mol. The molecule has 6 rings (SSSR count). The standard InChI is InChI=1S/C28H27F2N7/c29-22-14-18(5-6-19(22)16-31)27-34-26-25(36-13-3-4-20(32)17-36)9-10-33-28(26)37(27)24-8-7-21(15-23(24)30)35-11-1-2-12-35/h5-10,14-15,20H,1-4,11-13,17,32H2/t20-/m1/s1. The lowest BCUT2D eigenvalue weighted by atomic mass is 10.1. The number of hydrogen-bond acceptors (Lipinski definition) is 6. The van der Waals surface area contributed by atoms with Crippen molar-refractivity contribution in [3.63, 3.8) is 0 Å². The Labute approximate surface area is 213 Å². The van der Waals surface area contributed by atoms with Crippen LogP contribution in [0.3, 0.4) is 0 Å². The monoisotopic (exact) mass is 499 g/mol. The minimum atomic E-state index is -0.654. The van der Waals surface area contributed by atoms with Gasteiger partial charge in [0.25, 0.3) is 0 Å². The predicted octanol–water partition coefficient (Wildman–Crippen LogP) is 4.77. The molecule has 0 unspecified atom stereocenters. The Kier molecular flexibility index (Phi) is 5.97. The molecule has 0 radical (unpaired) electrons. The van der Waals surface area contributed by atoms with Gasteiger partial charge in [0.05, 0.1) is 16.9 Å². The molecule has 37 heavy (non-hydrogen) atoms. The van der Waals surface area contributed by atoms with Gasteiger partial charge in [0.15, 0.2) is 5.65 Å². The molecule has 0 spiro atoms. The molecule has 4 heterocycles. The molecule has 7 nitrogen and oxygen atoms in total. The second kappa shape index (κ2) is 9.45. The van der Waals surface area contributed by atoms with Crippen LogP contribution in [-0.2, 0) is 0 Å². The van der Waals surface area contributed by atoms with Crippen LogP contribution in [-0.4, -0.2) is 46.8 Å². The van der Waals surface area contributed by atoms with Crippen molar-refractivity contribution in [2.45, 2.75) is 31.7 Å². The number of nitriles is 1. The molecule has 1 atom stereocenters. The summed E-state index contributed by atoms with van der Waals surface area (Å²) in [6, 6.07) is 13.3. The number of rotatable bonds is 4. The van der Waals surface area contributed by atoms with Gasteiger partial charge in [-0.3, -0.25) is 4.57 Å². The number of fused-ring (bicyclic) bond motifs is 1. The van der Waals surface area contributed by atoms with Gasteiger partial charge in [-0.25, -0.2) is 18.7 Å². The Morgan fingerprint density at radius 3 is 2.46 bits per heavy atom. The first-order valence-corrected chi connectivity index (χ1v) is 12.7. The summed E-state index contributed by atoms with van der Waals surface area (Å²) < 4.78 is 32.1. The molecular weight excluding hydrogens is 472 g/mol. The van der Waals surface area contributed by atoms with E-state index in [2.05, 4.69) is 14.8 Å². The molecule has 2 saturated heterocycles. The predicted molar refractivity (Wildman–Crippen MR) is 140 cm³/mol. The molecule has 2 aliphatic rings. The van der Waals surface area contributed by atoms with Gasteiger partial charge in [-0.15, -0.1) is 0 Å². The summed E-state index contributed by atoms with van der Waals surface area (Å²) in [5, 5.41) is 9.19. The molecule has 2 N–H and O–H groups in total. The summed E-state index contributed by atoms with van der Waals surface area (Å²) in [4.78, 5) is 13.8. The molecular formula is C28H27F2N7. The molecule has 2 aliphatic heterocycles. The zero-order valence-corrected chi connectivity index (χ0v) is 20.4. The van der Waals surface area contributed by atoms with Crippen molar-refractivity contribution in [2.75, 3.05) is 36.0 Å². The number of imidazole rings is 1. The first-order valence-electron chi connectivity index (χ1n) is 12.7. The molecule has 0 amide bonds. The van der Waals surface area contributed by atoms with Crippen LogP contribution in [0.2, 0.25) is 0 Å². The summed E-state index contributed by atoms with van der Waals surface area (Å²) in [5.74, 6) is -0.711. The van der Waals surface area contributed by atoms with Crippen molar-refractivity contribution >= 4 is 22.5 Å². The molecule has 4 aromatic rings. The molecule has 2 fully saturated rings. The zero-order chi connectivity index (χ0) is 25.5. The van der Waals surface area contributed by atoms with Gasteiger partial charge in [-0.05, 0) is 68.1 Å². The Morgan fingerprint density at radius 1 is 0.919 bits per heavy atom. The second-order valence-corrected chi connectivity index (χ2v) is 9.76. The van der Waals surface area contributed by atoms with Crippen molar-refractivity contribution in [2.24, 2.45) is 5.73 Å². The molecule has 0 bridgehead atoms. The van der Waals surface area contributed by atoms with Crippen molar-refractivity contribution in [3.05, 3.63) is 65.9 Å². The van der Waals surface area contributed by atoms with E-state index in [-0.39, 0.29) is 17.3 Å². The van der Waals surface area contributed by atoms with Crippen LogP contribution >= 0.6 is 0 Å². The van der Waals surface area contributed by atoms with Gasteiger partial charge >= 0.3 is 0 Å². The number of anilines is 2. The van der Waals surface area contributed by atoms with Crippen LogP contribution in [0.15, 0.2) is 48.7 Å². The highest BCUT2D eigenvalue weighted by Crippen LogP contribution is 2.35. The fraction of sp³-hybridized carbons (Fsp3) is 0.321. The molecule has 9 heteroatoms. The van der Waals surface area contributed by atoms with Crippen LogP contribution in [0, 0.1) is 23.0 Å². The largest absolute Gasteiger partial charge is 0.371 e. The number of piperidine rings is 1. The van der Waals surface area contributed by atoms with Gasteiger partial charge in [-0.1, -0.05) is 0 Å². The Bertz CT molecular complexity index is 1520. The topological polar surface area (TPSA) is 87.0 Å². The SMILES string of the molecule is N#Cc1ccc(-c2nc3c(N4CCC[C@@H](N)C4)ccnc3n2-c2ccc(N3CCCC3)cc2F)cc1F. The number of nitrogens with zero attached hydrogens (tertiary/aromatic N) is 6. The maximum absolute atomic E-state index is 15.7. The van der Waals surface area contributed by atoms with E-state index >= 15 is 4.39 Å². The van der Waals surface area contributed by atoms with E-state index in [1.165, 1.54) is 12.1 Å². The first-order chi connectivity index (χ1) is 18.0. The van der Waals surface area contributed by atoms with E-state index in [1.54, 1.807) is 29.0 Å². The highest BCUT2D eigenvalue weighted by Gasteiger charge is 2.25. The van der Waals surface area contributed by atoms with E-state index in [0.717, 1.165) is 56.7 Å². The zero-order valence-electron chi connectivity index (χ0n) is 20.4. The normalized spacial score (nSPS) is 17.9. The summed E-state index contributed by atoms with van der Waals surface area (Å²) in [7, 11) is 0. The third kappa shape index (κ3) is 4.17. The van der Waals surface area contributed by atoms with Gasteiger partial charge in [0.1, 0.15) is 29.0 Å². The molecule has 188 valence electrons. The number of aromatic nitrogens is 3. The number of pyridine rings is 1. The number of hydrogen-bond donors (Lipinski definition) is 1. The van der Waals surface area contributed by atoms with Gasteiger partial charge in [0.2, 0.25) is 0 Å². The molecule has 0 aliphatic carbocycles. The minimum Gasteiger partial charge on any atom is -0.371 e. The lowest BCUT2D eigenvalue weighted by Crippen LogP contribution is -2.42. The van der Waals surface area contributed by atoms with E-state index in [0.29, 0.717) is 29.1 Å². The highest BCUT2D eigenvalue weighted by molar-refractivity contribution is 5.90. The maximum Gasteiger partial charge on any atom is 0.167 e. The van der Waals surface area contributed by atoms with Crippen LogP contribution in [0.25, 0.3) is 28.2 Å². The smallest absolute Gasteiger partial charge is 0.167 e. The third-order valence-electron chi connectivity index (χ3n) is 7.31.